The maximum absolute atomic E-state index is 13.8. The van der Waals surface area contributed by atoms with Crippen LogP contribution in [0.15, 0.2) is 23.6 Å². The molecule has 3 rings (SSSR count). The van der Waals surface area contributed by atoms with E-state index in [1.807, 2.05) is 6.08 Å². The summed E-state index contributed by atoms with van der Waals surface area (Å²) < 4.78 is 13.8. The van der Waals surface area contributed by atoms with E-state index in [9.17, 15) is 9.50 Å². The number of allylic oxidation sites excluding steroid dienone is 4. The molecule has 0 aromatic carbocycles. The average Bonchev–Trinajstić information content (AvgIpc) is 2.40. The van der Waals surface area contributed by atoms with Gasteiger partial charge in [0.25, 0.3) is 0 Å². The van der Waals surface area contributed by atoms with Crippen molar-refractivity contribution in [1.29, 1.82) is 0 Å². The molecule has 2 saturated carbocycles. The molecule has 0 aliphatic heterocycles. The normalized spacial score (nSPS) is 41.9. The van der Waals surface area contributed by atoms with E-state index in [1.165, 1.54) is 5.57 Å². The third kappa shape index (κ3) is 1.90. The van der Waals surface area contributed by atoms with E-state index in [1.54, 1.807) is 6.08 Å². The van der Waals surface area contributed by atoms with Crippen molar-refractivity contribution in [2.75, 3.05) is 6.54 Å². The number of hydrogen-bond donors (Lipinski definition) is 2. The van der Waals surface area contributed by atoms with Crippen LogP contribution in [0, 0.1) is 11.3 Å². The summed E-state index contributed by atoms with van der Waals surface area (Å²) in [6.07, 6.45) is 10.7. The van der Waals surface area contributed by atoms with Crippen molar-refractivity contribution in [3.63, 3.8) is 0 Å². The van der Waals surface area contributed by atoms with Gasteiger partial charge in [-0.3, -0.25) is 0 Å². The van der Waals surface area contributed by atoms with Crippen LogP contribution in [0.5, 0.6) is 0 Å². The Balaban J connectivity index is 2.02. The minimum Gasteiger partial charge on any atom is -0.389 e. The van der Waals surface area contributed by atoms with Gasteiger partial charge in [0.05, 0.1) is 5.60 Å². The van der Waals surface area contributed by atoms with E-state index in [-0.39, 0.29) is 17.2 Å². The van der Waals surface area contributed by atoms with Crippen LogP contribution in [0.2, 0.25) is 0 Å². The summed E-state index contributed by atoms with van der Waals surface area (Å²) in [6.45, 7) is 0.581. The molecule has 0 saturated heterocycles. The zero-order valence-corrected chi connectivity index (χ0v) is 11.5. The zero-order chi connectivity index (χ0) is 13.5. The van der Waals surface area contributed by atoms with Crippen LogP contribution < -0.4 is 5.73 Å². The maximum atomic E-state index is 13.8. The molecule has 0 bridgehead atoms. The fourth-order valence-corrected chi connectivity index (χ4v) is 4.87. The van der Waals surface area contributed by atoms with Crippen LogP contribution in [0.4, 0.5) is 4.39 Å². The largest absolute Gasteiger partial charge is 0.389 e. The van der Waals surface area contributed by atoms with Crippen molar-refractivity contribution < 1.29 is 9.50 Å². The summed E-state index contributed by atoms with van der Waals surface area (Å²) in [7, 11) is 0. The number of fused-ring (bicyclic) bond motifs is 3. The molecular formula is C16H24FNO. The lowest BCUT2D eigenvalue weighted by Crippen LogP contribution is -2.58. The molecule has 3 atom stereocenters. The molecule has 0 aromatic rings. The Morgan fingerprint density at radius 2 is 2.05 bits per heavy atom. The molecule has 2 nitrogen and oxygen atoms in total. The van der Waals surface area contributed by atoms with E-state index in [4.69, 9.17) is 5.73 Å². The van der Waals surface area contributed by atoms with E-state index >= 15 is 0 Å². The van der Waals surface area contributed by atoms with Crippen molar-refractivity contribution in [2.24, 2.45) is 17.1 Å². The summed E-state index contributed by atoms with van der Waals surface area (Å²) in [5.41, 5.74) is 6.37. The highest BCUT2D eigenvalue weighted by atomic mass is 19.1. The summed E-state index contributed by atoms with van der Waals surface area (Å²) in [5.74, 6) is 0.125. The lowest BCUT2D eigenvalue weighted by molar-refractivity contribution is -0.159. The first-order chi connectivity index (χ1) is 9.11. The molecule has 106 valence electrons. The number of aliphatic hydroxyl groups is 1. The minimum absolute atomic E-state index is 0.0417. The van der Waals surface area contributed by atoms with Gasteiger partial charge in [0.15, 0.2) is 0 Å². The molecule has 2 fully saturated rings. The first-order valence-electron chi connectivity index (χ1n) is 7.59. The van der Waals surface area contributed by atoms with Crippen LogP contribution in [0.3, 0.4) is 0 Å². The van der Waals surface area contributed by atoms with Gasteiger partial charge < -0.3 is 10.8 Å². The van der Waals surface area contributed by atoms with Crippen LogP contribution in [-0.2, 0) is 0 Å². The van der Waals surface area contributed by atoms with Gasteiger partial charge in [-0.15, -0.1) is 0 Å². The van der Waals surface area contributed by atoms with Crippen molar-refractivity contribution in [1.82, 2.24) is 0 Å². The van der Waals surface area contributed by atoms with Crippen LogP contribution in [0.1, 0.15) is 51.4 Å². The predicted molar refractivity (Wildman–Crippen MR) is 74.1 cm³/mol. The molecule has 0 amide bonds. The van der Waals surface area contributed by atoms with Gasteiger partial charge in [-0.2, -0.15) is 0 Å². The number of halogens is 1. The quantitative estimate of drug-likeness (QED) is 0.805. The highest BCUT2D eigenvalue weighted by molar-refractivity contribution is 5.31. The first-order valence-corrected chi connectivity index (χ1v) is 7.59. The van der Waals surface area contributed by atoms with Crippen LogP contribution in [-0.4, -0.2) is 17.3 Å². The van der Waals surface area contributed by atoms with Crippen molar-refractivity contribution in [3.8, 4) is 0 Å². The molecule has 0 radical (unpaired) electrons. The fourth-order valence-electron chi connectivity index (χ4n) is 4.87. The number of hydrogen-bond acceptors (Lipinski definition) is 2. The van der Waals surface area contributed by atoms with E-state index in [0.29, 0.717) is 13.0 Å². The first kappa shape index (κ1) is 13.3. The smallest absolute Gasteiger partial charge is 0.101 e. The number of rotatable bonds is 2. The molecule has 1 unspecified atom stereocenters. The molecule has 3 heteroatoms. The summed E-state index contributed by atoms with van der Waals surface area (Å²) in [5, 5.41) is 11.2. The van der Waals surface area contributed by atoms with Crippen LogP contribution >= 0.6 is 0 Å². The van der Waals surface area contributed by atoms with E-state index < -0.39 is 5.60 Å². The lowest BCUT2D eigenvalue weighted by Gasteiger charge is -2.59. The molecular weight excluding hydrogens is 241 g/mol. The monoisotopic (exact) mass is 265 g/mol. The van der Waals surface area contributed by atoms with Gasteiger partial charge in [0.2, 0.25) is 0 Å². The van der Waals surface area contributed by atoms with Crippen LogP contribution in [0.25, 0.3) is 0 Å². The van der Waals surface area contributed by atoms with E-state index in [0.717, 1.165) is 44.9 Å². The number of nitrogens with two attached hydrogens (primary N) is 1. The zero-order valence-electron chi connectivity index (χ0n) is 11.5. The molecule has 0 heterocycles. The van der Waals surface area contributed by atoms with Gasteiger partial charge in [0, 0.05) is 11.8 Å². The molecule has 3 N–H and O–H groups in total. The Bertz CT molecular complexity index is 426. The van der Waals surface area contributed by atoms with Gasteiger partial charge in [0.1, 0.15) is 5.83 Å². The Kier molecular flexibility index (Phi) is 3.30. The van der Waals surface area contributed by atoms with Crippen molar-refractivity contribution in [3.05, 3.63) is 23.6 Å². The third-order valence-corrected chi connectivity index (χ3v) is 5.80. The van der Waals surface area contributed by atoms with Gasteiger partial charge >= 0.3 is 0 Å². The molecule has 3 aliphatic rings. The second-order valence-electron chi connectivity index (χ2n) is 6.55. The summed E-state index contributed by atoms with van der Waals surface area (Å²) in [4.78, 5) is 0. The van der Waals surface area contributed by atoms with Crippen molar-refractivity contribution in [2.45, 2.75) is 57.0 Å². The third-order valence-electron chi connectivity index (χ3n) is 5.80. The average molecular weight is 265 g/mol. The summed E-state index contributed by atoms with van der Waals surface area (Å²) in [6, 6.07) is 0. The van der Waals surface area contributed by atoms with Gasteiger partial charge in [-0.05, 0) is 50.6 Å². The van der Waals surface area contributed by atoms with Gasteiger partial charge in [-0.1, -0.05) is 24.5 Å². The van der Waals surface area contributed by atoms with Gasteiger partial charge in [-0.25, -0.2) is 4.39 Å². The SMILES string of the molecule is NCC[C@]12CCCCC1(O)CCC1=CC=C(F)C[C@H]12. The standard InChI is InChI=1S/C16H24FNO/c17-13-4-3-12-5-8-16(19)7-2-1-6-15(16,9-10-18)14(12)11-13/h3-4,14,19H,1-2,5-11,18H2/t14-,15+,16?/m1/s1. The molecule has 0 aromatic heterocycles. The Morgan fingerprint density at radius 3 is 2.84 bits per heavy atom. The Labute approximate surface area is 114 Å². The highest BCUT2D eigenvalue weighted by Gasteiger charge is 2.58. The highest BCUT2D eigenvalue weighted by Crippen LogP contribution is 2.61. The Hall–Kier alpha value is -0.670. The second-order valence-corrected chi connectivity index (χ2v) is 6.55. The maximum Gasteiger partial charge on any atom is 0.101 e. The molecule has 0 spiro atoms. The predicted octanol–water partition coefficient (Wildman–Crippen LogP) is 3.22. The fraction of sp³-hybridized carbons (Fsp3) is 0.750. The summed E-state index contributed by atoms with van der Waals surface area (Å²) >= 11 is 0. The Morgan fingerprint density at radius 1 is 1.26 bits per heavy atom. The van der Waals surface area contributed by atoms with E-state index in [2.05, 4.69) is 0 Å². The lowest BCUT2D eigenvalue weighted by atomic mass is 9.48. The topological polar surface area (TPSA) is 46.2 Å². The molecule has 19 heavy (non-hydrogen) atoms. The second kappa shape index (κ2) is 4.71. The molecule has 3 aliphatic carbocycles. The van der Waals surface area contributed by atoms with Crippen molar-refractivity contribution >= 4 is 0 Å². The minimum atomic E-state index is -0.621.